The predicted molar refractivity (Wildman–Crippen MR) is 61.8 cm³/mol. The first-order chi connectivity index (χ1) is 8.09. The molecule has 92 valence electrons. The van der Waals surface area contributed by atoms with Crippen molar-refractivity contribution in [3.05, 3.63) is 16.7 Å². The van der Waals surface area contributed by atoms with Crippen LogP contribution in [0.3, 0.4) is 0 Å². The molecule has 0 unspecified atom stereocenters. The van der Waals surface area contributed by atoms with Crippen molar-refractivity contribution in [1.29, 1.82) is 0 Å². The number of aromatic nitrogens is 2. The molecule has 1 aromatic rings. The Morgan fingerprint density at radius 1 is 1.53 bits per heavy atom. The van der Waals surface area contributed by atoms with Gasteiger partial charge in [0.15, 0.2) is 5.82 Å². The second-order valence-corrected chi connectivity index (χ2v) is 4.07. The van der Waals surface area contributed by atoms with E-state index in [1.54, 1.807) is 0 Å². The van der Waals surface area contributed by atoms with Crippen molar-refractivity contribution in [2.24, 2.45) is 5.92 Å². The first-order valence-corrected chi connectivity index (χ1v) is 5.40. The summed E-state index contributed by atoms with van der Waals surface area (Å²) in [6, 6.07) is 0. The molecule has 0 aromatic carbocycles. The third-order valence-corrected chi connectivity index (χ3v) is 3.01. The Labute approximate surface area is 97.3 Å². The number of piperidine rings is 1. The molecule has 1 aromatic heterocycles. The van der Waals surface area contributed by atoms with E-state index in [0.29, 0.717) is 31.7 Å². The van der Waals surface area contributed by atoms with E-state index >= 15 is 0 Å². The highest BCUT2D eigenvalue weighted by Gasteiger charge is 2.26. The minimum Gasteiger partial charge on any atom is -0.481 e. The summed E-state index contributed by atoms with van der Waals surface area (Å²) in [5, 5.41) is 8.88. The molecular weight excluding hydrogens is 224 g/mol. The quantitative estimate of drug-likeness (QED) is 0.649. The van der Waals surface area contributed by atoms with Crippen LogP contribution < -0.4 is 16.2 Å². The van der Waals surface area contributed by atoms with Gasteiger partial charge in [-0.05, 0) is 12.8 Å². The summed E-state index contributed by atoms with van der Waals surface area (Å²) in [7, 11) is 0. The number of carboxylic acids is 1. The standard InChI is InChI=1S/C10H14N4O3/c11-7-8(12-5-13-9(7)15)14-3-1-6(2-4-14)10(16)17/h5-6H,1-4,11H2,(H,16,17)(H,12,13,15). The molecule has 17 heavy (non-hydrogen) atoms. The van der Waals surface area contributed by atoms with Crippen LogP contribution in [0.2, 0.25) is 0 Å². The number of aromatic amines is 1. The number of anilines is 2. The summed E-state index contributed by atoms with van der Waals surface area (Å²) in [5.41, 5.74) is 5.36. The fourth-order valence-electron chi connectivity index (χ4n) is 1.99. The highest BCUT2D eigenvalue weighted by molar-refractivity contribution is 5.70. The lowest BCUT2D eigenvalue weighted by molar-refractivity contribution is -0.142. The third-order valence-electron chi connectivity index (χ3n) is 3.01. The molecule has 2 rings (SSSR count). The van der Waals surface area contributed by atoms with Crippen LogP contribution >= 0.6 is 0 Å². The second-order valence-electron chi connectivity index (χ2n) is 4.07. The number of H-pyrrole nitrogens is 1. The molecule has 1 saturated heterocycles. The van der Waals surface area contributed by atoms with E-state index in [9.17, 15) is 9.59 Å². The fourth-order valence-corrected chi connectivity index (χ4v) is 1.99. The number of aliphatic carboxylic acids is 1. The van der Waals surface area contributed by atoms with E-state index < -0.39 is 5.97 Å². The number of rotatable bonds is 2. The maximum Gasteiger partial charge on any atom is 0.306 e. The number of nitrogens with two attached hydrogens (primary N) is 1. The van der Waals surface area contributed by atoms with E-state index in [4.69, 9.17) is 10.8 Å². The maximum absolute atomic E-state index is 11.3. The Bertz CT molecular complexity index is 477. The van der Waals surface area contributed by atoms with Gasteiger partial charge in [0, 0.05) is 13.1 Å². The number of nitrogens with one attached hydrogen (secondary N) is 1. The molecule has 0 radical (unpaired) electrons. The van der Waals surface area contributed by atoms with Crippen molar-refractivity contribution in [2.45, 2.75) is 12.8 Å². The van der Waals surface area contributed by atoms with Crippen molar-refractivity contribution in [2.75, 3.05) is 23.7 Å². The van der Waals surface area contributed by atoms with Crippen molar-refractivity contribution < 1.29 is 9.90 Å². The zero-order chi connectivity index (χ0) is 12.4. The zero-order valence-corrected chi connectivity index (χ0v) is 9.22. The Morgan fingerprint density at radius 2 is 2.18 bits per heavy atom. The molecule has 0 atom stereocenters. The topological polar surface area (TPSA) is 112 Å². The highest BCUT2D eigenvalue weighted by Crippen LogP contribution is 2.23. The van der Waals surface area contributed by atoms with Crippen LogP contribution in [0.5, 0.6) is 0 Å². The lowest BCUT2D eigenvalue weighted by Crippen LogP contribution is -2.38. The number of nitrogen functional groups attached to an aromatic ring is 1. The van der Waals surface area contributed by atoms with Crippen LogP contribution in [0.1, 0.15) is 12.8 Å². The van der Waals surface area contributed by atoms with Crippen molar-refractivity contribution in [3.8, 4) is 0 Å². The van der Waals surface area contributed by atoms with E-state index in [1.165, 1.54) is 6.33 Å². The molecule has 1 aliphatic rings. The van der Waals surface area contributed by atoms with Gasteiger partial charge in [-0.2, -0.15) is 0 Å². The number of carboxylic acid groups (broad SMARTS) is 1. The molecule has 1 aliphatic heterocycles. The molecule has 2 heterocycles. The first-order valence-electron chi connectivity index (χ1n) is 5.40. The zero-order valence-electron chi connectivity index (χ0n) is 9.22. The van der Waals surface area contributed by atoms with Gasteiger partial charge in [0.05, 0.1) is 12.2 Å². The molecular formula is C10H14N4O3. The van der Waals surface area contributed by atoms with Crippen molar-refractivity contribution >= 4 is 17.5 Å². The lowest BCUT2D eigenvalue weighted by Gasteiger charge is -2.31. The van der Waals surface area contributed by atoms with Gasteiger partial charge in [-0.3, -0.25) is 9.59 Å². The monoisotopic (exact) mass is 238 g/mol. The van der Waals surface area contributed by atoms with Crippen LogP contribution in [0.4, 0.5) is 11.5 Å². The fraction of sp³-hybridized carbons (Fsp3) is 0.500. The molecule has 0 bridgehead atoms. The summed E-state index contributed by atoms with van der Waals surface area (Å²) in [4.78, 5) is 30.4. The Balaban J connectivity index is 2.13. The van der Waals surface area contributed by atoms with Crippen molar-refractivity contribution in [3.63, 3.8) is 0 Å². The summed E-state index contributed by atoms with van der Waals surface area (Å²) in [5.74, 6) is -0.636. The summed E-state index contributed by atoms with van der Waals surface area (Å²) < 4.78 is 0. The molecule has 7 heteroatoms. The van der Waals surface area contributed by atoms with Gasteiger partial charge in [0.2, 0.25) is 0 Å². The number of hydrogen-bond donors (Lipinski definition) is 3. The molecule has 0 aliphatic carbocycles. The average molecular weight is 238 g/mol. The molecule has 4 N–H and O–H groups in total. The van der Waals surface area contributed by atoms with Crippen LogP contribution in [0, 0.1) is 5.92 Å². The van der Waals surface area contributed by atoms with Crippen LogP contribution in [-0.4, -0.2) is 34.1 Å². The van der Waals surface area contributed by atoms with Crippen LogP contribution in [0.15, 0.2) is 11.1 Å². The van der Waals surface area contributed by atoms with Gasteiger partial charge in [-0.1, -0.05) is 0 Å². The molecule has 1 fully saturated rings. The SMILES string of the molecule is Nc1c(N2CCC(C(=O)O)CC2)nc[nH]c1=O. The molecule has 7 nitrogen and oxygen atoms in total. The van der Waals surface area contributed by atoms with Crippen LogP contribution in [-0.2, 0) is 4.79 Å². The molecule has 0 saturated carbocycles. The highest BCUT2D eigenvalue weighted by atomic mass is 16.4. The molecule has 0 spiro atoms. The van der Waals surface area contributed by atoms with Gasteiger partial charge in [0.1, 0.15) is 5.69 Å². The Morgan fingerprint density at radius 3 is 2.76 bits per heavy atom. The van der Waals surface area contributed by atoms with E-state index in [1.807, 2.05) is 4.90 Å². The Hall–Kier alpha value is -2.05. The number of hydrogen-bond acceptors (Lipinski definition) is 5. The predicted octanol–water partition coefficient (Wildman–Crippen LogP) is -0.347. The normalized spacial score (nSPS) is 17.1. The lowest BCUT2D eigenvalue weighted by atomic mass is 9.97. The maximum atomic E-state index is 11.3. The van der Waals surface area contributed by atoms with E-state index in [2.05, 4.69) is 9.97 Å². The Kier molecular flexibility index (Phi) is 2.99. The average Bonchev–Trinajstić information content (AvgIpc) is 2.33. The summed E-state index contributed by atoms with van der Waals surface area (Å²) >= 11 is 0. The smallest absolute Gasteiger partial charge is 0.306 e. The van der Waals surface area contributed by atoms with Gasteiger partial charge in [0.25, 0.3) is 5.56 Å². The van der Waals surface area contributed by atoms with Gasteiger partial charge >= 0.3 is 5.97 Å². The largest absolute Gasteiger partial charge is 0.481 e. The molecule has 0 amide bonds. The van der Waals surface area contributed by atoms with Crippen molar-refractivity contribution in [1.82, 2.24) is 9.97 Å². The van der Waals surface area contributed by atoms with Gasteiger partial charge < -0.3 is 20.7 Å². The van der Waals surface area contributed by atoms with E-state index in [0.717, 1.165) is 0 Å². The minimum absolute atomic E-state index is 0.0845. The minimum atomic E-state index is -0.767. The van der Waals surface area contributed by atoms with Crippen LogP contribution in [0.25, 0.3) is 0 Å². The summed E-state index contributed by atoms with van der Waals surface area (Å²) in [6.45, 7) is 1.11. The van der Waals surface area contributed by atoms with E-state index in [-0.39, 0.29) is 17.2 Å². The summed E-state index contributed by atoms with van der Waals surface area (Å²) in [6.07, 6.45) is 2.39. The number of carbonyl (C=O) groups is 1. The number of nitrogens with zero attached hydrogens (tertiary/aromatic N) is 2. The second kappa shape index (κ2) is 4.44. The first kappa shape index (κ1) is 11.4. The van der Waals surface area contributed by atoms with Gasteiger partial charge in [-0.15, -0.1) is 0 Å². The van der Waals surface area contributed by atoms with Gasteiger partial charge in [-0.25, -0.2) is 4.98 Å². The third kappa shape index (κ3) is 2.22.